The average molecular weight is 349 g/mol. The fourth-order valence-electron chi connectivity index (χ4n) is 2.78. The number of aromatic nitrogens is 6. The summed E-state index contributed by atoms with van der Waals surface area (Å²) in [5.41, 5.74) is 2.78. The van der Waals surface area contributed by atoms with Crippen molar-refractivity contribution < 1.29 is 0 Å². The van der Waals surface area contributed by atoms with Crippen LogP contribution in [-0.2, 0) is 6.54 Å². The minimum atomic E-state index is 0.546. The summed E-state index contributed by atoms with van der Waals surface area (Å²) in [5.74, 6) is 0.737. The van der Waals surface area contributed by atoms with Gasteiger partial charge in [0.05, 0.1) is 12.9 Å². The monoisotopic (exact) mass is 349 g/mol. The lowest BCUT2D eigenvalue weighted by Crippen LogP contribution is -2.03. The Morgan fingerprint density at radius 1 is 1.08 bits per heavy atom. The van der Waals surface area contributed by atoms with Crippen LogP contribution in [0.5, 0.6) is 0 Å². The summed E-state index contributed by atoms with van der Waals surface area (Å²) >= 11 is 1.58. The number of hydrogen-bond donors (Lipinski definition) is 1. The van der Waals surface area contributed by atoms with E-state index in [4.69, 9.17) is 0 Å². The molecule has 0 amide bonds. The number of benzene rings is 1. The highest BCUT2D eigenvalue weighted by Gasteiger charge is 2.26. The molecule has 1 N–H and O–H groups in total. The second-order valence-corrected chi connectivity index (χ2v) is 7.06. The van der Waals surface area contributed by atoms with E-state index in [-0.39, 0.29) is 0 Å². The van der Waals surface area contributed by atoms with Gasteiger partial charge in [-0.3, -0.25) is 0 Å². The fraction of sp³-hybridized carbons (Fsp3) is 0.235. The van der Waals surface area contributed by atoms with Crippen LogP contribution < -0.4 is 5.32 Å². The first-order chi connectivity index (χ1) is 12.4. The van der Waals surface area contributed by atoms with Crippen molar-refractivity contribution in [1.82, 2.24) is 29.7 Å². The zero-order valence-electron chi connectivity index (χ0n) is 13.3. The van der Waals surface area contributed by atoms with Crippen molar-refractivity contribution in [2.75, 3.05) is 5.32 Å². The first-order valence-electron chi connectivity index (χ1n) is 8.18. The average Bonchev–Trinajstić information content (AvgIpc) is 3.23. The highest BCUT2D eigenvalue weighted by atomic mass is 32.1. The van der Waals surface area contributed by atoms with Crippen LogP contribution in [0.3, 0.4) is 0 Å². The van der Waals surface area contributed by atoms with Crippen LogP contribution in [0.1, 0.15) is 23.9 Å². The van der Waals surface area contributed by atoms with Gasteiger partial charge in [-0.2, -0.15) is 0 Å². The van der Waals surface area contributed by atoms with E-state index in [1.54, 1.807) is 17.7 Å². The summed E-state index contributed by atoms with van der Waals surface area (Å²) in [6.45, 7) is 0.562. The Morgan fingerprint density at radius 3 is 2.80 bits per heavy atom. The first-order valence-corrected chi connectivity index (χ1v) is 8.99. The standard InChI is InChI=1S/C17H15N7S/c1-2-4-11(5-3-1)17-23-22-13(25-17)8-18-15-14-16(20-9-19-15)24(10-21-14)12-6-7-12/h1-5,9-10,12H,6-8H2,(H,18,19,20). The van der Waals surface area contributed by atoms with Gasteiger partial charge in [0.15, 0.2) is 11.5 Å². The molecule has 3 heterocycles. The number of hydrogen-bond acceptors (Lipinski definition) is 7. The van der Waals surface area contributed by atoms with E-state index in [2.05, 4.69) is 35.0 Å². The van der Waals surface area contributed by atoms with E-state index in [1.165, 1.54) is 12.8 Å². The largest absolute Gasteiger partial charge is 0.362 e. The molecule has 124 valence electrons. The molecule has 0 aliphatic heterocycles. The summed E-state index contributed by atoms with van der Waals surface area (Å²) in [7, 11) is 0. The number of rotatable bonds is 5. The van der Waals surface area contributed by atoms with E-state index in [1.807, 2.05) is 36.7 Å². The maximum Gasteiger partial charge on any atom is 0.165 e. The molecule has 0 spiro atoms. The van der Waals surface area contributed by atoms with Crippen molar-refractivity contribution in [1.29, 1.82) is 0 Å². The molecule has 5 rings (SSSR count). The molecule has 7 nitrogen and oxygen atoms in total. The Bertz CT molecular complexity index is 1020. The normalized spacial score (nSPS) is 14.1. The molecule has 4 aromatic rings. The SMILES string of the molecule is c1ccc(-c2nnc(CNc3ncnc4c3ncn4C3CC3)s2)cc1. The van der Waals surface area contributed by atoms with Crippen molar-refractivity contribution in [3.63, 3.8) is 0 Å². The molecule has 0 saturated heterocycles. The van der Waals surface area contributed by atoms with Gasteiger partial charge < -0.3 is 9.88 Å². The molecule has 0 atom stereocenters. The predicted octanol–water partition coefficient (Wildman–Crippen LogP) is 3.29. The molecule has 1 fully saturated rings. The highest BCUT2D eigenvalue weighted by Crippen LogP contribution is 2.37. The zero-order valence-corrected chi connectivity index (χ0v) is 14.1. The maximum atomic E-state index is 4.49. The second kappa shape index (κ2) is 5.89. The molecule has 8 heteroatoms. The summed E-state index contributed by atoms with van der Waals surface area (Å²) in [5, 5.41) is 13.7. The number of imidazole rings is 1. The van der Waals surface area contributed by atoms with Crippen LogP contribution in [0, 0.1) is 0 Å². The van der Waals surface area contributed by atoms with Gasteiger partial charge in [-0.25, -0.2) is 15.0 Å². The lowest BCUT2D eigenvalue weighted by molar-refractivity contribution is 0.756. The quantitative estimate of drug-likeness (QED) is 0.595. The smallest absolute Gasteiger partial charge is 0.165 e. The van der Waals surface area contributed by atoms with E-state index >= 15 is 0 Å². The number of fused-ring (bicyclic) bond motifs is 1. The topological polar surface area (TPSA) is 81.4 Å². The minimum Gasteiger partial charge on any atom is -0.362 e. The molecule has 0 unspecified atom stereocenters. The van der Waals surface area contributed by atoms with E-state index < -0.39 is 0 Å². The van der Waals surface area contributed by atoms with Crippen LogP contribution in [0.15, 0.2) is 43.0 Å². The third-order valence-electron chi connectivity index (χ3n) is 4.19. The van der Waals surface area contributed by atoms with Crippen molar-refractivity contribution >= 4 is 28.3 Å². The molecule has 0 bridgehead atoms. The van der Waals surface area contributed by atoms with E-state index in [0.29, 0.717) is 12.6 Å². The van der Waals surface area contributed by atoms with Gasteiger partial charge in [-0.05, 0) is 12.8 Å². The first kappa shape index (κ1) is 14.5. The lowest BCUT2D eigenvalue weighted by atomic mass is 10.2. The number of nitrogens with zero attached hydrogens (tertiary/aromatic N) is 6. The Balaban J connectivity index is 1.36. The Kier molecular flexibility index (Phi) is 3.41. The molecule has 3 aromatic heterocycles. The second-order valence-electron chi connectivity index (χ2n) is 6.00. The zero-order chi connectivity index (χ0) is 16.6. The van der Waals surface area contributed by atoms with Crippen LogP contribution in [0.4, 0.5) is 5.82 Å². The van der Waals surface area contributed by atoms with Crippen LogP contribution in [0.25, 0.3) is 21.7 Å². The van der Waals surface area contributed by atoms with Gasteiger partial charge in [-0.1, -0.05) is 41.7 Å². The predicted molar refractivity (Wildman–Crippen MR) is 96.3 cm³/mol. The van der Waals surface area contributed by atoms with Gasteiger partial charge in [0.1, 0.15) is 21.9 Å². The number of nitrogens with one attached hydrogen (secondary N) is 1. The number of anilines is 1. The third-order valence-corrected chi connectivity index (χ3v) is 5.17. The van der Waals surface area contributed by atoms with Gasteiger partial charge in [-0.15, -0.1) is 10.2 Å². The Labute approximate surface area is 147 Å². The van der Waals surface area contributed by atoms with E-state index in [9.17, 15) is 0 Å². The molecular formula is C17H15N7S. The van der Waals surface area contributed by atoms with E-state index in [0.717, 1.165) is 32.6 Å². The molecule has 1 aromatic carbocycles. The summed E-state index contributed by atoms with van der Waals surface area (Å²) in [4.78, 5) is 13.2. The molecule has 1 aliphatic carbocycles. The lowest BCUT2D eigenvalue weighted by Gasteiger charge is -2.04. The fourth-order valence-corrected chi connectivity index (χ4v) is 3.57. The molecule has 1 saturated carbocycles. The van der Waals surface area contributed by atoms with Crippen molar-refractivity contribution in [3.8, 4) is 10.6 Å². The van der Waals surface area contributed by atoms with Crippen molar-refractivity contribution in [2.24, 2.45) is 0 Å². The highest BCUT2D eigenvalue weighted by molar-refractivity contribution is 7.14. The molecule has 25 heavy (non-hydrogen) atoms. The summed E-state index contributed by atoms with van der Waals surface area (Å²) < 4.78 is 2.14. The third kappa shape index (κ3) is 2.74. The molecule has 1 aliphatic rings. The van der Waals surface area contributed by atoms with Gasteiger partial charge in [0, 0.05) is 11.6 Å². The van der Waals surface area contributed by atoms with Crippen molar-refractivity contribution in [3.05, 3.63) is 48.0 Å². The Morgan fingerprint density at radius 2 is 1.96 bits per heavy atom. The molecular weight excluding hydrogens is 334 g/mol. The minimum absolute atomic E-state index is 0.546. The van der Waals surface area contributed by atoms with Crippen LogP contribution in [0.2, 0.25) is 0 Å². The molecule has 0 radical (unpaired) electrons. The maximum absolute atomic E-state index is 4.49. The van der Waals surface area contributed by atoms with Gasteiger partial charge in [0.2, 0.25) is 0 Å². The van der Waals surface area contributed by atoms with Crippen LogP contribution in [-0.4, -0.2) is 29.7 Å². The van der Waals surface area contributed by atoms with Crippen LogP contribution >= 0.6 is 11.3 Å². The summed E-state index contributed by atoms with van der Waals surface area (Å²) in [6.07, 6.45) is 5.85. The van der Waals surface area contributed by atoms with Gasteiger partial charge in [0.25, 0.3) is 0 Å². The van der Waals surface area contributed by atoms with Gasteiger partial charge >= 0.3 is 0 Å². The summed E-state index contributed by atoms with van der Waals surface area (Å²) in [6, 6.07) is 10.6. The Hall–Kier alpha value is -2.87. The van der Waals surface area contributed by atoms with Crippen molar-refractivity contribution in [2.45, 2.75) is 25.4 Å².